The van der Waals surface area contributed by atoms with Gasteiger partial charge in [-0.2, -0.15) is 0 Å². The lowest BCUT2D eigenvalue weighted by molar-refractivity contribution is 0.368. The van der Waals surface area contributed by atoms with E-state index in [9.17, 15) is 17.3 Å². The van der Waals surface area contributed by atoms with Gasteiger partial charge in [-0.25, -0.2) is 0 Å². The van der Waals surface area contributed by atoms with E-state index in [1.807, 2.05) is 36.4 Å². The van der Waals surface area contributed by atoms with Gasteiger partial charge in [-0.05, 0) is 5.56 Å². The average molecular weight is 282 g/mol. The molecule has 0 aliphatic carbocycles. The van der Waals surface area contributed by atoms with Crippen LogP contribution in [0, 0.1) is 5.39 Å². The lowest BCUT2D eigenvalue weighted by atomic mass is 10.0. The Hall–Kier alpha value is -2.36. The Morgan fingerprint density at radius 3 is 1.90 bits per heavy atom. The highest BCUT2D eigenvalue weighted by molar-refractivity contribution is 6.50. The fourth-order valence-electron chi connectivity index (χ4n) is 1.57. The molecule has 0 radical (unpaired) electrons. The first-order chi connectivity index (χ1) is 9.40. The van der Waals surface area contributed by atoms with Crippen LogP contribution in [0.2, 0.25) is 0 Å². The maximum Gasteiger partial charge on any atom is 0.673 e. The van der Waals surface area contributed by atoms with Gasteiger partial charge in [0.15, 0.2) is 4.98 Å². The molecule has 0 spiro atoms. The van der Waals surface area contributed by atoms with E-state index >= 15 is 0 Å². The van der Waals surface area contributed by atoms with Crippen LogP contribution in [0.4, 0.5) is 23.0 Å². The van der Waals surface area contributed by atoms with Gasteiger partial charge in [0.05, 0.1) is 5.56 Å². The summed E-state index contributed by atoms with van der Waals surface area (Å²) in [6.07, 6.45) is 0.793. The molecule has 0 atom stereocenters. The van der Waals surface area contributed by atoms with E-state index < -0.39 is 7.25 Å². The van der Waals surface area contributed by atoms with E-state index in [1.54, 1.807) is 6.07 Å². The Morgan fingerprint density at radius 2 is 1.35 bits per heavy atom. The molecule has 2 aromatic carbocycles. The predicted molar refractivity (Wildman–Crippen MR) is 70.6 cm³/mol. The molecule has 0 amide bonds. The van der Waals surface area contributed by atoms with Gasteiger partial charge in [-0.3, -0.25) is 0 Å². The summed E-state index contributed by atoms with van der Waals surface area (Å²) in [6, 6.07) is 17.7. The van der Waals surface area contributed by atoms with Crippen molar-refractivity contribution in [1.82, 2.24) is 0 Å². The molecule has 0 aliphatic rings. The fraction of sp³-hybridized carbons (Fsp3) is 0.0769. The first kappa shape index (κ1) is 15.7. The smallest absolute Gasteiger partial charge is 0.418 e. The SMILES string of the molecule is F[B-](F)(F)F.N#[N+]c1ccccc1Cc1ccccc1. The van der Waals surface area contributed by atoms with E-state index in [2.05, 4.69) is 17.1 Å². The normalized spacial score (nSPS) is 10.2. The Labute approximate surface area is 113 Å². The monoisotopic (exact) mass is 282 g/mol. The number of hydrogen-bond acceptors (Lipinski definition) is 1. The molecule has 20 heavy (non-hydrogen) atoms. The van der Waals surface area contributed by atoms with Crippen molar-refractivity contribution in [3.8, 4) is 0 Å². The van der Waals surface area contributed by atoms with Gasteiger partial charge in [0, 0.05) is 12.5 Å². The molecule has 0 N–H and O–H groups in total. The summed E-state index contributed by atoms with van der Waals surface area (Å²) < 4.78 is 39.0. The first-order valence-electron chi connectivity index (χ1n) is 5.74. The molecule has 2 rings (SSSR count). The molecule has 0 unspecified atom stereocenters. The van der Waals surface area contributed by atoms with Crippen LogP contribution in [0.15, 0.2) is 54.6 Å². The summed E-state index contributed by atoms with van der Waals surface area (Å²) in [5.41, 5.74) is 2.89. The van der Waals surface area contributed by atoms with Crippen molar-refractivity contribution in [3.05, 3.63) is 70.7 Å². The number of benzene rings is 2. The lowest BCUT2D eigenvalue weighted by Crippen LogP contribution is -2.02. The quantitative estimate of drug-likeness (QED) is 0.429. The molecule has 0 aromatic heterocycles. The van der Waals surface area contributed by atoms with Gasteiger partial charge in [0.25, 0.3) is 0 Å². The van der Waals surface area contributed by atoms with Crippen LogP contribution in [0.25, 0.3) is 4.98 Å². The fourth-order valence-corrected chi connectivity index (χ4v) is 1.57. The van der Waals surface area contributed by atoms with Crippen molar-refractivity contribution >= 4 is 12.9 Å². The van der Waals surface area contributed by atoms with Gasteiger partial charge in [0.1, 0.15) is 0 Å². The van der Waals surface area contributed by atoms with Gasteiger partial charge >= 0.3 is 12.9 Å². The summed E-state index contributed by atoms with van der Waals surface area (Å²) in [6.45, 7) is 0. The highest BCUT2D eigenvalue weighted by atomic mass is 19.5. The second-order valence-corrected chi connectivity index (χ2v) is 3.89. The van der Waals surface area contributed by atoms with Crippen molar-refractivity contribution in [3.63, 3.8) is 0 Å². The van der Waals surface area contributed by atoms with Crippen molar-refractivity contribution in [2.24, 2.45) is 0 Å². The van der Waals surface area contributed by atoms with Crippen LogP contribution >= 0.6 is 0 Å². The van der Waals surface area contributed by atoms with Crippen molar-refractivity contribution < 1.29 is 17.3 Å². The Morgan fingerprint density at radius 1 is 0.850 bits per heavy atom. The molecule has 104 valence electrons. The molecule has 0 saturated carbocycles. The third-order valence-electron chi connectivity index (χ3n) is 2.34. The zero-order chi connectivity index (χ0) is 15.0. The summed E-state index contributed by atoms with van der Waals surface area (Å²) in [4.78, 5) is 3.27. The average Bonchev–Trinajstić information content (AvgIpc) is 2.39. The second-order valence-electron chi connectivity index (χ2n) is 3.89. The molecule has 0 bridgehead atoms. The van der Waals surface area contributed by atoms with Crippen LogP contribution in [0.5, 0.6) is 0 Å². The summed E-state index contributed by atoms with van der Waals surface area (Å²) in [7, 11) is -6.00. The zero-order valence-electron chi connectivity index (χ0n) is 10.4. The predicted octanol–water partition coefficient (Wildman–Crippen LogP) is 5.06. The van der Waals surface area contributed by atoms with E-state index in [1.165, 1.54) is 5.56 Å². The van der Waals surface area contributed by atoms with Gasteiger partial charge in [-0.15, -0.1) is 0 Å². The summed E-state index contributed by atoms with van der Waals surface area (Å²) in [5, 5.41) is 8.82. The number of diazo groups is 1. The summed E-state index contributed by atoms with van der Waals surface area (Å²) >= 11 is 0. The van der Waals surface area contributed by atoms with Crippen molar-refractivity contribution in [2.75, 3.05) is 0 Å². The molecule has 7 heteroatoms. The van der Waals surface area contributed by atoms with Gasteiger partial charge in [0.2, 0.25) is 5.39 Å². The highest BCUT2D eigenvalue weighted by Crippen LogP contribution is 2.21. The number of nitrogens with zero attached hydrogens (tertiary/aromatic N) is 2. The van der Waals surface area contributed by atoms with Crippen LogP contribution in [-0.4, -0.2) is 7.25 Å². The van der Waals surface area contributed by atoms with E-state index in [-0.39, 0.29) is 0 Å². The third kappa shape index (κ3) is 6.54. The minimum absolute atomic E-state index is 0.640. The van der Waals surface area contributed by atoms with Crippen molar-refractivity contribution in [1.29, 1.82) is 5.39 Å². The van der Waals surface area contributed by atoms with E-state index in [0.717, 1.165) is 12.0 Å². The zero-order valence-corrected chi connectivity index (χ0v) is 10.4. The Kier molecular flexibility index (Phi) is 5.72. The maximum absolute atomic E-state index is 9.75. The minimum Gasteiger partial charge on any atom is -0.418 e. The lowest BCUT2D eigenvalue weighted by Gasteiger charge is -1.98. The van der Waals surface area contributed by atoms with Gasteiger partial charge in [-0.1, -0.05) is 48.5 Å². The van der Waals surface area contributed by atoms with Crippen LogP contribution in [0.3, 0.4) is 0 Å². The van der Waals surface area contributed by atoms with E-state index in [0.29, 0.717) is 5.69 Å². The summed E-state index contributed by atoms with van der Waals surface area (Å²) in [5.74, 6) is 0. The number of rotatable bonds is 2. The Bertz CT molecular complexity index is 573. The maximum atomic E-state index is 9.75. The Balaban J connectivity index is 0.000000347. The molecular weight excluding hydrogens is 271 g/mol. The molecule has 0 heterocycles. The highest BCUT2D eigenvalue weighted by Gasteiger charge is 2.20. The molecule has 0 fully saturated rings. The number of hydrogen-bond donors (Lipinski definition) is 0. The molecule has 2 aromatic rings. The largest absolute Gasteiger partial charge is 0.673 e. The minimum atomic E-state index is -6.00. The van der Waals surface area contributed by atoms with Crippen LogP contribution in [-0.2, 0) is 6.42 Å². The van der Waals surface area contributed by atoms with E-state index in [4.69, 9.17) is 5.39 Å². The first-order valence-corrected chi connectivity index (χ1v) is 5.74. The number of halogens is 4. The molecule has 2 nitrogen and oxygen atoms in total. The molecule has 0 saturated heterocycles. The van der Waals surface area contributed by atoms with Gasteiger partial charge < -0.3 is 17.3 Å². The third-order valence-corrected chi connectivity index (χ3v) is 2.34. The second kappa shape index (κ2) is 7.29. The van der Waals surface area contributed by atoms with Crippen LogP contribution in [0.1, 0.15) is 11.1 Å². The molecule has 0 aliphatic heterocycles. The van der Waals surface area contributed by atoms with Crippen LogP contribution < -0.4 is 0 Å². The van der Waals surface area contributed by atoms with Crippen molar-refractivity contribution in [2.45, 2.75) is 6.42 Å². The standard InChI is InChI=1S/C13H11N2.BF4/c14-15-13-9-5-4-8-12(13)10-11-6-2-1-3-7-11;2-1(3,4)5/h1-9H,10H2;/q+1;-1. The topological polar surface area (TPSA) is 28.1 Å². The molecular formula is C13H11BF4N2.